The van der Waals surface area contributed by atoms with E-state index in [-0.39, 0.29) is 11.8 Å². The molecule has 0 spiro atoms. The lowest BCUT2D eigenvalue weighted by atomic mass is 9.93. The monoisotopic (exact) mass is 351 g/mol. The summed E-state index contributed by atoms with van der Waals surface area (Å²) < 4.78 is 5.24. The molecule has 1 amide bonds. The van der Waals surface area contributed by atoms with Crippen molar-refractivity contribution in [1.29, 1.82) is 0 Å². The van der Waals surface area contributed by atoms with Gasteiger partial charge in [0.25, 0.3) is 5.91 Å². The SMILES string of the molecule is Cc1noc(C)c1-c1ccc(C2CCCN(C(=O)c3ccn[nH]3)C2)nc1. The Morgan fingerprint density at radius 3 is 2.85 bits per heavy atom. The van der Waals surface area contributed by atoms with E-state index in [1.54, 1.807) is 12.3 Å². The van der Waals surface area contributed by atoms with Gasteiger partial charge in [-0.15, -0.1) is 0 Å². The van der Waals surface area contributed by atoms with Gasteiger partial charge in [0.15, 0.2) is 0 Å². The first-order valence-electron chi connectivity index (χ1n) is 8.81. The molecule has 0 saturated carbocycles. The lowest BCUT2D eigenvalue weighted by molar-refractivity contribution is 0.0700. The van der Waals surface area contributed by atoms with E-state index < -0.39 is 0 Å². The lowest BCUT2D eigenvalue weighted by Crippen LogP contribution is -2.39. The molecule has 1 aliphatic heterocycles. The van der Waals surface area contributed by atoms with E-state index in [4.69, 9.17) is 4.52 Å². The number of nitrogens with zero attached hydrogens (tertiary/aromatic N) is 4. The van der Waals surface area contributed by atoms with E-state index in [0.29, 0.717) is 12.2 Å². The molecule has 1 fully saturated rings. The zero-order chi connectivity index (χ0) is 18.1. The zero-order valence-electron chi connectivity index (χ0n) is 14.9. The molecule has 7 heteroatoms. The van der Waals surface area contributed by atoms with Crippen molar-refractivity contribution in [3.05, 3.63) is 53.4 Å². The number of nitrogens with one attached hydrogen (secondary N) is 1. The number of pyridine rings is 1. The number of aromatic amines is 1. The lowest BCUT2D eigenvalue weighted by Gasteiger charge is -2.32. The minimum Gasteiger partial charge on any atom is -0.361 e. The minimum absolute atomic E-state index is 0.000425. The quantitative estimate of drug-likeness (QED) is 0.783. The van der Waals surface area contributed by atoms with Crippen LogP contribution in [0, 0.1) is 13.8 Å². The first-order chi connectivity index (χ1) is 12.6. The van der Waals surface area contributed by atoms with E-state index in [2.05, 4.69) is 32.5 Å². The summed E-state index contributed by atoms with van der Waals surface area (Å²) in [5.41, 5.74) is 4.43. The molecule has 26 heavy (non-hydrogen) atoms. The standard InChI is InChI=1S/C19H21N5O2/c1-12-18(13(2)26-23-12)14-5-6-16(20-10-14)15-4-3-9-24(11-15)19(25)17-7-8-21-22-17/h5-8,10,15H,3-4,9,11H2,1-2H3,(H,21,22). The van der Waals surface area contributed by atoms with Crippen LogP contribution < -0.4 is 0 Å². The normalized spacial score (nSPS) is 17.5. The van der Waals surface area contributed by atoms with Gasteiger partial charge < -0.3 is 9.42 Å². The van der Waals surface area contributed by atoms with Crippen molar-refractivity contribution in [2.45, 2.75) is 32.6 Å². The Balaban J connectivity index is 1.51. The predicted molar refractivity (Wildman–Crippen MR) is 95.7 cm³/mol. The molecular weight excluding hydrogens is 330 g/mol. The van der Waals surface area contributed by atoms with Gasteiger partial charge in [0.05, 0.1) is 5.69 Å². The molecule has 1 N–H and O–H groups in total. The highest BCUT2D eigenvalue weighted by atomic mass is 16.5. The maximum Gasteiger partial charge on any atom is 0.271 e. The molecule has 4 rings (SSSR count). The maximum absolute atomic E-state index is 12.5. The average molecular weight is 351 g/mol. The second kappa shape index (κ2) is 6.74. The molecule has 0 bridgehead atoms. The van der Waals surface area contributed by atoms with Crippen LogP contribution in [-0.4, -0.2) is 44.2 Å². The van der Waals surface area contributed by atoms with Gasteiger partial charge in [-0.25, -0.2) is 0 Å². The van der Waals surface area contributed by atoms with E-state index in [1.807, 2.05) is 24.9 Å². The summed E-state index contributed by atoms with van der Waals surface area (Å²) in [6.45, 7) is 5.28. The molecule has 4 heterocycles. The summed E-state index contributed by atoms with van der Waals surface area (Å²) in [6.07, 6.45) is 5.48. The summed E-state index contributed by atoms with van der Waals surface area (Å²) in [6, 6.07) is 5.82. The van der Waals surface area contributed by atoms with E-state index in [1.165, 1.54) is 0 Å². The number of hydrogen-bond donors (Lipinski definition) is 1. The van der Waals surface area contributed by atoms with Crippen LogP contribution in [-0.2, 0) is 0 Å². The summed E-state index contributed by atoms with van der Waals surface area (Å²) in [7, 11) is 0. The van der Waals surface area contributed by atoms with Crippen molar-refractivity contribution in [3.63, 3.8) is 0 Å². The highest BCUT2D eigenvalue weighted by Gasteiger charge is 2.27. The van der Waals surface area contributed by atoms with Gasteiger partial charge in [-0.3, -0.25) is 14.9 Å². The van der Waals surface area contributed by atoms with Gasteiger partial charge in [0.2, 0.25) is 0 Å². The third kappa shape index (κ3) is 3.00. The second-order valence-corrected chi connectivity index (χ2v) is 6.73. The van der Waals surface area contributed by atoms with E-state index in [9.17, 15) is 4.79 Å². The number of H-pyrrole nitrogens is 1. The Bertz CT molecular complexity index is 879. The first-order valence-corrected chi connectivity index (χ1v) is 8.81. The summed E-state index contributed by atoms with van der Waals surface area (Å²) in [5.74, 6) is 1.04. The topological polar surface area (TPSA) is 87.9 Å². The number of piperidine rings is 1. The van der Waals surface area contributed by atoms with Crippen LogP contribution in [0.4, 0.5) is 0 Å². The van der Waals surface area contributed by atoms with Crippen LogP contribution in [0.3, 0.4) is 0 Å². The van der Waals surface area contributed by atoms with Crippen molar-refractivity contribution in [1.82, 2.24) is 25.2 Å². The third-order valence-corrected chi connectivity index (χ3v) is 4.97. The fourth-order valence-corrected chi connectivity index (χ4v) is 3.64. The third-order valence-electron chi connectivity index (χ3n) is 4.97. The molecule has 1 atom stereocenters. The highest BCUT2D eigenvalue weighted by Crippen LogP contribution is 2.30. The highest BCUT2D eigenvalue weighted by molar-refractivity contribution is 5.92. The first kappa shape index (κ1) is 16.5. The number of hydrogen-bond acceptors (Lipinski definition) is 5. The Morgan fingerprint density at radius 2 is 2.19 bits per heavy atom. The van der Waals surface area contributed by atoms with Crippen LogP contribution >= 0.6 is 0 Å². The Morgan fingerprint density at radius 1 is 1.31 bits per heavy atom. The maximum atomic E-state index is 12.5. The molecule has 0 aromatic carbocycles. The number of carbonyl (C=O) groups excluding carboxylic acids is 1. The molecule has 7 nitrogen and oxygen atoms in total. The van der Waals surface area contributed by atoms with Gasteiger partial charge in [0.1, 0.15) is 11.5 Å². The van der Waals surface area contributed by atoms with E-state index in [0.717, 1.165) is 47.7 Å². The van der Waals surface area contributed by atoms with Gasteiger partial charge in [-0.1, -0.05) is 11.2 Å². The van der Waals surface area contributed by atoms with Crippen LogP contribution in [0.15, 0.2) is 35.1 Å². The second-order valence-electron chi connectivity index (χ2n) is 6.73. The van der Waals surface area contributed by atoms with Crippen molar-refractivity contribution >= 4 is 5.91 Å². The number of aromatic nitrogens is 4. The molecule has 1 aliphatic rings. The smallest absolute Gasteiger partial charge is 0.271 e. The minimum atomic E-state index is -0.000425. The van der Waals surface area contributed by atoms with Gasteiger partial charge in [-0.2, -0.15) is 5.10 Å². The van der Waals surface area contributed by atoms with Crippen molar-refractivity contribution in [2.24, 2.45) is 0 Å². The van der Waals surface area contributed by atoms with Gasteiger partial charge in [-0.05, 0) is 38.8 Å². The Labute approximate surface area is 151 Å². The molecule has 3 aromatic heterocycles. The van der Waals surface area contributed by atoms with Crippen molar-refractivity contribution in [3.8, 4) is 11.1 Å². The molecule has 1 saturated heterocycles. The molecule has 3 aromatic rings. The molecule has 134 valence electrons. The van der Waals surface area contributed by atoms with E-state index >= 15 is 0 Å². The summed E-state index contributed by atoms with van der Waals surface area (Å²) in [4.78, 5) is 19.1. The fraction of sp³-hybridized carbons (Fsp3) is 0.368. The van der Waals surface area contributed by atoms with Crippen molar-refractivity contribution < 1.29 is 9.32 Å². The summed E-state index contributed by atoms with van der Waals surface area (Å²) >= 11 is 0. The molecule has 0 aliphatic carbocycles. The van der Waals surface area contributed by atoms with Crippen LogP contribution in [0.25, 0.3) is 11.1 Å². The molecule has 1 unspecified atom stereocenters. The predicted octanol–water partition coefficient (Wildman–Crippen LogP) is 3.10. The number of amides is 1. The average Bonchev–Trinajstić information content (AvgIpc) is 3.32. The summed E-state index contributed by atoms with van der Waals surface area (Å²) in [5, 5.41) is 10.6. The zero-order valence-corrected chi connectivity index (χ0v) is 14.9. The number of rotatable bonds is 3. The van der Waals surface area contributed by atoms with Gasteiger partial charge >= 0.3 is 0 Å². The number of carbonyl (C=O) groups is 1. The largest absolute Gasteiger partial charge is 0.361 e. The molecular formula is C19H21N5O2. The fourth-order valence-electron chi connectivity index (χ4n) is 3.64. The number of likely N-dealkylation sites (tertiary alicyclic amines) is 1. The van der Waals surface area contributed by atoms with Crippen LogP contribution in [0.1, 0.15) is 46.4 Å². The number of aryl methyl sites for hydroxylation is 2. The Kier molecular flexibility index (Phi) is 4.28. The van der Waals surface area contributed by atoms with Crippen LogP contribution in [0.5, 0.6) is 0 Å². The Hall–Kier alpha value is -2.96. The van der Waals surface area contributed by atoms with Crippen LogP contribution in [0.2, 0.25) is 0 Å². The van der Waals surface area contributed by atoms with Gasteiger partial charge in [0, 0.05) is 48.2 Å². The van der Waals surface area contributed by atoms with Crippen molar-refractivity contribution in [2.75, 3.05) is 13.1 Å². The molecule has 0 radical (unpaired) electrons.